The van der Waals surface area contributed by atoms with Gasteiger partial charge < -0.3 is 0 Å². The Hall–Kier alpha value is -6.66. The van der Waals surface area contributed by atoms with E-state index in [4.69, 9.17) is 9.97 Å². The smallest absolute Gasteiger partial charge is 0.160 e. The highest BCUT2D eigenvalue weighted by molar-refractivity contribution is 7.26. The number of rotatable bonds is 4. The number of benzene rings is 7. The predicted molar refractivity (Wildman–Crippen MR) is 236 cm³/mol. The normalized spacial score (nSPS) is 12.0. The minimum absolute atomic E-state index is 0.738. The zero-order valence-corrected chi connectivity index (χ0v) is 31.0. The Kier molecular flexibility index (Phi) is 6.67. The van der Waals surface area contributed by atoms with Gasteiger partial charge in [0.25, 0.3) is 0 Å². The number of hydrogen-bond donors (Lipinski definition) is 0. The lowest BCUT2D eigenvalue weighted by Crippen LogP contribution is -1.93. The third-order valence-corrected chi connectivity index (χ3v) is 13.3. The number of fused-ring (bicyclic) bond motifs is 13. The molecule has 5 heteroatoms. The average molecular weight is 736 g/mol. The molecule has 0 spiro atoms. The Balaban J connectivity index is 1.07. The van der Waals surface area contributed by atoms with E-state index in [1.165, 1.54) is 74.3 Å². The van der Waals surface area contributed by atoms with Gasteiger partial charge >= 0.3 is 0 Å². The van der Waals surface area contributed by atoms with Crippen LogP contribution in [-0.2, 0) is 0 Å². The van der Waals surface area contributed by atoms with Gasteiger partial charge in [-0.1, -0.05) is 152 Å². The van der Waals surface area contributed by atoms with Crippen LogP contribution in [0.4, 0.5) is 0 Å². The van der Waals surface area contributed by atoms with Crippen LogP contribution in [0.2, 0.25) is 0 Å². The second-order valence-corrected chi connectivity index (χ2v) is 16.2. The van der Waals surface area contributed by atoms with E-state index in [-0.39, 0.29) is 0 Å². The number of para-hydroxylation sites is 1. The minimum Gasteiger partial charge on any atom is -0.299 e. The van der Waals surface area contributed by atoms with Gasteiger partial charge in [-0.3, -0.25) is 4.40 Å². The van der Waals surface area contributed by atoms with Crippen LogP contribution >= 0.6 is 22.7 Å². The summed E-state index contributed by atoms with van der Waals surface area (Å²) in [5.41, 5.74) is 11.4. The van der Waals surface area contributed by atoms with Crippen molar-refractivity contribution in [2.45, 2.75) is 0 Å². The van der Waals surface area contributed by atoms with Crippen LogP contribution in [0.3, 0.4) is 0 Å². The Labute approximate surface area is 324 Å². The first-order valence-corrected chi connectivity index (χ1v) is 20.1. The van der Waals surface area contributed by atoms with Gasteiger partial charge in [-0.05, 0) is 46.3 Å². The fourth-order valence-corrected chi connectivity index (χ4v) is 10.9. The van der Waals surface area contributed by atoms with Gasteiger partial charge in [-0.15, -0.1) is 22.7 Å². The van der Waals surface area contributed by atoms with Gasteiger partial charge in [0.1, 0.15) is 4.83 Å². The van der Waals surface area contributed by atoms with Crippen molar-refractivity contribution < 1.29 is 0 Å². The summed E-state index contributed by atoms with van der Waals surface area (Å²) in [6.07, 6.45) is 0. The van der Waals surface area contributed by atoms with Crippen molar-refractivity contribution in [1.29, 1.82) is 0 Å². The molecule has 0 amide bonds. The second-order valence-electron chi connectivity index (χ2n) is 14.1. The van der Waals surface area contributed by atoms with E-state index in [0.717, 1.165) is 38.4 Å². The van der Waals surface area contributed by atoms with Gasteiger partial charge in [0.2, 0.25) is 0 Å². The highest BCUT2D eigenvalue weighted by Crippen LogP contribution is 2.47. The molecule has 3 nitrogen and oxygen atoms in total. The molecule has 12 rings (SSSR count). The number of hydrogen-bond acceptors (Lipinski definition) is 4. The topological polar surface area (TPSA) is 30.2 Å². The molecule has 0 aliphatic carbocycles. The van der Waals surface area contributed by atoms with Crippen LogP contribution in [0.5, 0.6) is 0 Å². The van der Waals surface area contributed by atoms with Crippen LogP contribution in [0.1, 0.15) is 0 Å². The van der Waals surface area contributed by atoms with Crippen molar-refractivity contribution in [1.82, 2.24) is 14.4 Å². The first-order valence-electron chi connectivity index (χ1n) is 18.5. The van der Waals surface area contributed by atoms with Crippen molar-refractivity contribution in [3.8, 4) is 44.9 Å². The highest BCUT2D eigenvalue weighted by atomic mass is 32.1. The molecule has 256 valence electrons. The van der Waals surface area contributed by atoms with Crippen molar-refractivity contribution in [2.24, 2.45) is 0 Å². The number of aromatic nitrogens is 3. The van der Waals surface area contributed by atoms with Crippen LogP contribution in [-0.4, -0.2) is 14.4 Å². The van der Waals surface area contributed by atoms with Crippen LogP contribution in [0.25, 0.3) is 113 Å². The molecular weight excluding hydrogens is 707 g/mol. The van der Waals surface area contributed by atoms with E-state index in [9.17, 15) is 0 Å². The van der Waals surface area contributed by atoms with Gasteiger partial charge in [-0.25, -0.2) is 9.97 Å². The summed E-state index contributed by atoms with van der Waals surface area (Å²) >= 11 is 3.65. The average Bonchev–Trinajstić information content (AvgIpc) is 3.94. The fraction of sp³-hybridized carbons (Fsp3) is 0. The fourth-order valence-electron chi connectivity index (χ4n) is 8.51. The summed E-state index contributed by atoms with van der Waals surface area (Å²) < 4.78 is 6.16. The molecule has 0 atom stereocenters. The van der Waals surface area contributed by atoms with E-state index in [1.807, 2.05) is 11.3 Å². The summed E-state index contributed by atoms with van der Waals surface area (Å²) in [6.45, 7) is 0. The molecule has 0 saturated carbocycles. The summed E-state index contributed by atoms with van der Waals surface area (Å²) in [5, 5.41) is 7.56. The molecule has 0 radical (unpaired) electrons. The van der Waals surface area contributed by atoms with Gasteiger partial charge in [0, 0.05) is 53.0 Å². The molecule has 0 fully saturated rings. The van der Waals surface area contributed by atoms with E-state index in [1.54, 1.807) is 11.3 Å². The predicted octanol–water partition coefficient (Wildman–Crippen LogP) is 14.4. The van der Waals surface area contributed by atoms with E-state index in [2.05, 4.69) is 180 Å². The third kappa shape index (κ3) is 4.61. The highest BCUT2D eigenvalue weighted by Gasteiger charge is 2.22. The standard InChI is InChI=1S/C50H29N3S2/c1-3-13-31(14-4-1)43-36-17-7-10-20-40(36)53-47(43)35-28-27-34(29-39(35)44-37-18-8-11-21-41(37)55-50(44)53)30-23-25-33(26-24-30)49-51-45(32-15-5-2-6-16-32)48-46(52-49)38-19-9-12-22-42(38)54-48/h1-29H. The Morgan fingerprint density at radius 2 is 1.04 bits per heavy atom. The van der Waals surface area contributed by atoms with Gasteiger partial charge in [0.15, 0.2) is 5.82 Å². The lowest BCUT2D eigenvalue weighted by atomic mass is 9.95. The summed E-state index contributed by atoms with van der Waals surface area (Å²) in [7, 11) is 0. The first-order chi connectivity index (χ1) is 27.3. The maximum atomic E-state index is 5.22. The largest absolute Gasteiger partial charge is 0.299 e. The van der Waals surface area contributed by atoms with E-state index >= 15 is 0 Å². The van der Waals surface area contributed by atoms with Crippen molar-refractivity contribution in [3.05, 3.63) is 176 Å². The van der Waals surface area contributed by atoms with Gasteiger partial charge in [0.05, 0.1) is 26.9 Å². The maximum absolute atomic E-state index is 5.22. The molecule has 0 unspecified atom stereocenters. The SMILES string of the molecule is c1ccc(-c2nc(-c3ccc(-c4ccc5c(c4)c4c6ccccc6sc4n4c6ccccc6c(-c6ccccc6)c54)cc3)nc3c2sc2ccccc23)cc1. The lowest BCUT2D eigenvalue weighted by molar-refractivity contribution is 1.24. The van der Waals surface area contributed by atoms with Crippen molar-refractivity contribution in [3.63, 3.8) is 0 Å². The Morgan fingerprint density at radius 1 is 0.418 bits per heavy atom. The summed E-state index contributed by atoms with van der Waals surface area (Å²) in [5.74, 6) is 0.738. The zero-order chi connectivity index (χ0) is 36.0. The van der Waals surface area contributed by atoms with E-state index in [0.29, 0.717) is 0 Å². The van der Waals surface area contributed by atoms with Crippen molar-refractivity contribution in [2.75, 3.05) is 0 Å². The monoisotopic (exact) mass is 735 g/mol. The molecule has 0 bridgehead atoms. The van der Waals surface area contributed by atoms with Gasteiger partial charge in [-0.2, -0.15) is 0 Å². The van der Waals surface area contributed by atoms with Crippen LogP contribution < -0.4 is 0 Å². The van der Waals surface area contributed by atoms with Crippen LogP contribution in [0.15, 0.2) is 176 Å². The molecule has 55 heavy (non-hydrogen) atoms. The summed E-state index contributed by atoms with van der Waals surface area (Å²) in [4.78, 5) is 11.7. The number of nitrogens with zero attached hydrogens (tertiary/aromatic N) is 3. The molecule has 0 aliphatic rings. The lowest BCUT2D eigenvalue weighted by Gasteiger charge is -2.12. The summed E-state index contributed by atoms with van der Waals surface area (Å²) in [6, 6.07) is 63.4. The number of thiophene rings is 2. The maximum Gasteiger partial charge on any atom is 0.160 e. The Bertz CT molecular complexity index is 3470. The molecular formula is C50H29N3S2. The molecule has 0 saturated heterocycles. The Morgan fingerprint density at radius 3 is 1.82 bits per heavy atom. The first kappa shape index (κ1) is 30.8. The van der Waals surface area contributed by atoms with Crippen LogP contribution in [0, 0.1) is 0 Å². The second kappa shape index (κ2) is 11.9. The molecule has 5 heterocycles. The molecule has 5 aromatic heterocycles. The zero-order valence-electron chi connectivity index (χ0n) is 29.4. The third-order valence-electron chi connectivity index (χ3n) is 11.0. The molecule has 0 aliphatic heterocycles. The molecule has 0 N–H and O–H groups in total. The molecule has 7 aromatic carbocycles. The van der Waals surface area contributed by atoms with E-state index < -0.39 is 0 Å². The van der Waals surface area contributed by atoms with Crippen molar-refractivity contribution >= 4 is 90.5 Å². The minimum atomic E-state index is 0.738. The molecule has 12 aromatic rings. The quantitative estimate of drug-likeness (QED) is 0.180. The number of pyridine rings is 1.